The van der Waals surface area contributed by atoms with E-state index in [1.165, 1.54) is 19.4 Å². The lowest BCUT2D eigenvalue weighted by molar-refractivity contribution is -0.144. The Hall–Kier alpha value is -0.0300. The number of hydrogen-bond donors (Lipinski definition) is 1. The Morgan fingerprint density at radius 2 is 1.85 bits per heavy atom. The quantitative estimate of drug-likeness (QED) is 0.858. The minimum atomic E-state index is -0.319. The summed E-state index contributed by atoms with van der Waals surface area (Å²) in [5, 5.41) is 0. The molecule has 1 atom stereocenters. The summed E-state index contributed by atoms with van der Waals surface area (Å²) in [6.07, 6.45) is 4.24. The highest BCUT2D eigenvalue weighted by molar-refractivity contribution is 5.85. The van der Waals surface area contributed by atoms with E-state index in [2.05, 4.69) is 23.6 Å². The van der Waals surface area contributed by atoms with Crippen molar-refractivity contribution in [1.82, 2.24) is 9.80 Å². The van der Waals surface area contributed by atoms with Gasteiger partial charge in [0.2, 0.25) is 5.91 Å². The molecule has 0 bridgehead atoms. The van der Waals surface area contributed by atoms with Crippen LogP contribution in [0.1, 0.15) is 39.5 Å². The van der Waals surface area contributed by atoms with E-state index < -0.39 is 0 Å². The number of nitrogens with two attached hydrogens (primary N) is 1. The van der Waals surface area contributed by atoms with Gasteiger partial charge >= 0.3 is 0 Å². The number of amides is 1. The van der Waals surface area contributed by atoms with Crippen molar-refractivity contribution in [3.8, 4) is 0 Å². The highest BCUT2D eigenvalue weighted by Gasteiger charge is 2.40. The van der Waals surface area contributed by atoms with E-state index in [-0.39, 0.29) is 30.2 Å². The molecule has 120 valence electrons. The molecule has 2 saturated heterocycles. The Bertz CT molecular complexity index is 303. The number of carbonyl (C=O) groups excluding carboxylic acids is 1. The van der Waals surface area contributed by atoms with Crippen molar-refractivity contribution in [3.05, 3.63) is 0 Å². The van der Waals surface area contributed by atoms with Crippen molar-refractivity contribution in [1.29, 1.82) is 0 Å². The molecule has 2 heterocycles. The highest BCUT2D eigenvalue weighted by atomic mass is 35.5. The van der Waals surface area contributed by atoms with Crippen LogP contribution >= 0.6 is 24.8 Å². The molecule has 4 nitrogen and oxygen atoms in total. The molecule has 0 aromatic rings. The molecule has 2 N–H and O–H groups in total. The average molecular weight is 326 g/mol. The van der Waals surface area contributed by atoms with Gasteiger partial charge in [-0.05, 0) is 32.2 Å². The molecular weight excluding hydrogens is 297 g/mol. The number of rotatable bonds is 4. The molecule has 20 heavy (non-hydrogen) atoms. The summed E-state index contributed by atoms with van der Waals surface area (Å²) in [6, 6.07) is 0.604. The lowest BCUT2D eigenvalue weighted by atomic mass is 9.80. The van der Waals surface area contributed by atoms with Crippen molar-refractivity contribution in [2.45, 2.75) is 45.6 Å². The third-order valence-electron chi connectivity index (χ3n) is 5.07. The first-order chi connectivity index (χ1) is 8.66. The van der Waals surface area contributed by atoms with Crippen LogP contribution in [0.25, 0.3) is 0 Å². The molecule has 6 heteroatoms. The molecule has 0 aliphatic carbocycles. The summed E-state index contributed by atoms with van der Waals surface area (Å²) >= 11 is 0. The van der Waals surface area contributed by atoms with E-state index >= 15 is 0 Å². The molecule has 1 unspecified atom stereocenters. The molecule has 2 fully saturated rings. The first kappa shape index (κ1) is 20.0. The normalized spacial score (nSPS) is 22.8. The summed E-state index contributed by atoms with van der Waals surface area (Å²) in [5.41, 5.74) is 5.57. The van der Waals surface area contributed by atoms with Gasteiger partial charge in [0.25, 0.3) is 0 Å². The van der Waals surface area contributed by atoms with Crippen molar-refractivity contribution < 1.29 is 4.79 Å². The van der Waals surface area contributed by atoms with Gasteiger partial charge in [-0.3, -0.25) is 9.69 Å². The van der Waals surface area contributed by atoms with Crippen molar-refractivity contribution >= 4 is 30.7 Å². The lowest BCUT2D eigenvalue weighted by Gasteiger charge is -2.42. The molecule has 2 aliphatic rings. The molecule has 1 amide bonds. The Morgan fingerprint density at radius 1 is 1.20 bits per heavy atom. The highest BCUT2D eigenvalue weighted by Crippen LogP contribution is 2.30. The minimum Gasteiger partial charge on any atom is -0.339 e. The second-order valence-corrected chi connectivity index (χ2v) is 5.77. The van der Waals surface area contributed by atoms with Crippen LogP contribution in [0, 0.1) is 5.41 Å². The molecule has 0 spiro atoms. The number of hydrogen-bond acceptors (Lipinski definition) is 3. The van der Waals surface area contributed by atoms with Gasteiger partial charge < -0.3 is 10.6 Å². The molecular formula is C14H29Cl2N3O. The Kier molecular flexibility index (Phi) is 8.41. The molecule has 2 rings (SSSR count). The topological polar surface area (TPSA) is 49.6 Å². The van der Waals surface area contributed by atoms with E-state index in [1.807, 2.05) is 0 Å². The number of nitrogens with zero attached hydrogens (tertiary/aromatic N) is 2. The summed E-state index contributed by atoms with van der Waals surface area (Å²) < 4.78 is 0. The van der Waals surface area contributed by atoms with E-state index in [4.69, 9.17) is 5.73 Å². The zero-order valence-corrected chi connectivity index (χ0v) is 14.3. The van der Waals surface area contributed by atoms with Crippen molar-refractivity contribution in [2.75, 3.05) is 32.7 Å². The van der Waals surface area contributed by atoms with Crippen LogP contribution in [-0.4, -0.2) is 54.5 Å². The number of piperazine rings is 1. The van der Waals surface area contributed by atoms with Crippen LogP contribution in [0.5, 0.6) is 0 Å². The second kappa shape index (κ2) is 8.42. The van der Waals surface area contributed by atoms with Crippen LogP contribution in [0.2, 0.25) is 0 Å². The van der Waals surface area contributed by atoms with Gasteiger partial charge in [-0.25, -0.2) is 0 Å². The first-order valence-electron chi connectivity index (χ1n) is 7.40. The van der Waals surface area contributed by atoms with Gasteiger partial charge in [0.15, 0.2) is 0 Å². The van der Waals surface area contributed by atoms with Crippen LogP contribution in [0.4, 0.5) is 0 Å². The summed E-state index contributed by atoms with van der Waals surface area (Å²) in [7, 11) is 0. The van der Waals surface area contributed by atoms with Gasteiger partial charge in [-0.2, -0.15) is 0 Å². The predicted molar refractivity (Wildman–Crippen MR) is 87.7 cm³/mol. The number of fused-ring (bicyclic) bond motifs is 1. The molecule has 0 aromatic heterocycles. The van der Waals surface area contributed by atoms with E-state index in [0.29, 0.717) is 18.5 Å². The predicted octanol–water partition coefficient (Wildman–Crippen LogP) is 1.90. The fourth-order valence-electron chi connectivity index (χ4n) is 3.44. The lowest BCUT2D eigenvalue weighted by Crippen LogP contribution is -2.56. The second-order valence-electron chi connectivity index (χ2n) is 5.77. The molecule has 0 saturated carbocycles. The maximum atomic E-state index is 12.7. The van der Waals surface area contributed by atoms with Crippen LogP contribution in [0.3, 0.4) is 0 Å². The molecule has 2 aliphatic heterocycles. The van der Waals surface area contributed by atoms with E-state index in [1.54, 1.807) is 0 Å². The fraction of sp³-hybridized carbons (Fsp3) is 0.929. The zero-order valence-electron chi connectivity index (χ0n) is 12.6. The Balaban J connectivity index is 0.00000180. The van der Waals surface area contributed by atoms with Crippen molar-refractivity contribution in [2.24, 2.45) is 11.1 Å². The van der Waals surface area contributed by atoms with Crippen LogP contribution < -0.4 is 5.73 Å². The summed E-state index contributed by atoms with van der Waals surface area (Å²) in [4.78, 5) is 17.3. The van der Waals surface area contributed by atoms with E-state index in [9.17, 15) is 4.79 Å². The summed E-state index contributed by atoms with van der Waals surface area (Å²) in [6.45, 7) is 8.71. The van der Waals surface area contributed by atoms with Gasteiger partial charge in [-0.15, -0.1) is 24.8 Å². The van der Waals surface area contributed by atoms with Crippen molar-refractivity contribution in [3.63, 3.8) is 0 Å². The Morgan fingerprint density at radius 3 is 2.40 bits per heavy atom. The maximum absolute atomic E-state index is 12.7. The monoisotopic (exact) mass is 325 g/mol. The number of carbonyl (C=O) groups is 1. The third-order valence-corrected chi connectivity index (χ3v) is 5.07. The SMILES string of the molecule is CCC(CC)(CN)C(=O)N1CCN2CCCC2C1.Cl.Cl. The van der Waals surface area contributed by atoms with Crippen LogP contribution in [-0.2, 0) is 4.79 Å². The minimum absolute atomic E-state index is 0. The van der Waals surface area contributed by atoms with E-state index in [0.717, 1.165) is 32.5 Å². The molecule has 0 aromatic carbocycles. The fourth-order valence-corrected chi connectivity index (χ4v) is 3.44. The summed E-state index contributed by atoms with van der Waals surface area (Å²) in [5.74, 6) is 0.293. The van der Waals surface area contributed by atoms with Gasteiger partial charge in [0, 0.05) is 32.2 Å². The standard InChI is InChI=1S/C14H27N3O.2ClH/c1-3-14(4-2,11-15)13(18)17-9-8-16-7-5-6-12(16)10-17;;/h12H,3-11,15H2,1-2H3;2*1H. The molecule has 0 radical (unpaired) electrons. The van der Waals surface area contributed by atoms with Crippen LogP contribution in [0.15, 0.2) is 0 Å². The third kappa shape index (κ3) is 3.59. The van der Waals surface area contributed by atoms with Gasteiger partial charge in [0.05, 0.1) is 5.41 Å². The first-order valence-corrected chi connectivity index (χ1v) is 7.40. The van der Waals surface area contributed by atoms with Gasteiger partial charge in [0.1, 0.15) is 0 Å². The largest absolute Gasteiger partial charge is 0.339 e. The number of halogens is 2. The average Bonchev–Trinajstić information content (AvgIpc) is 2.88. The zero-order chi connectivity index (χ0) is 13.2. The Labute approximate surface area is 135 Å². The maximum Gasteiger partial charge on any atom is 0.230 e. The van der Waals surface area contributed by atoms with Gasteiger partial charge in [-0.1, -0.05) is 13.8 Å². The smallest absolute Gasteiger partial charge is 0.230 e.